The molecule has 26 heavy (non-hydrogen) atoms. The van der Waals surface area contributed by atoms with Gasteiger partial charge in [-0.05, 0) is 31.9 Å². The molecule has 1 aliphatic rings. The first kappa shape index (κ1) is 18.0. The second-order valence-corrected chi connectivity index (χ2v) is 6.29. The van der Waals surface area contributed by atoms with E-state index < -0.39 is 18.2 Å². The number of hydrogen-bond acceptors (Lipinski definition) is 5. The van der Waals surface area contributed by atoms with Gasteiger partial charge in [0.15, 0.2) is 0 Å². The van der Waals surface area contributed by atoms with Crippen LogP contribution >= 0.6 is 0 Å². The number of para-hydroxylation sites is 1. The van der Waals surface area contributed by atoms with E-state index in [-0.39, 0.29) is 13.2 Å². The number of aryl methyl sites for hydroxylation is 1. The first-order valence-corrected chi connectivity index (χ1v) is 8.66. The molecule has 1 aliphatic heterocycles. The number of amides is 1. The molecule has 2 heterocycles. The van der Waals surface area contributed by atoms with Crippen LogP contribution < -0.4 is 4.73 Å². The number of rotatable bonds is 2. The van der Waals surface area contributed by atoms with Crippen LogP contribution in [0.1, 0.15) is 36.8 Å². The maximum Gasteiger partial charge on any atom is 0.409 e. The van der Waals surface area contributed by atoms with Crippen molar-refractivity contribution in [2.45, 2.75) is 33.3 Å². The lowest BCUT2D eigenvalue weighted by molar-refractivity contribution is -0.591. The van der Waals surface area contributed by atoms with Gasteiger partial charge in [0.05, 0.1) is 18.5 Å². The molecule has 1 aromatic carbocycles. The zero-order chi connectivity index (χ0) is 18.8. The van der Waals surface area contributed by atoms with Crippen LogP contribution in [0.2, 0.25) is 0 Å². The summed E-state index contributed by atoms with van der Waals surface area (Å²) in [6.07, 6.45) is -0.822. The van der Waals surface area contributed by atoms with Crippen molar-refractivity contribution in [3.63, 3.8) is 0 Å². The fourth-order valence-corrected chi connectivity index (χ4v) is 3.51. The van der Waals surface area contributed by atoms with Gasteiger partial charge in [0.1, 0.15) is 0 Å². The minimum Gasteiger partial charge on any atom is -0.618 e. The van der Waals surface area contributed by atoms with Crippen LogP contribution in [0.3, 0.4) is 0 Å². The molecule has 0 saturated carbocycles. The van der Waals surface area contributed by atoms with Crippen molar-refractivity contribution in [3.05, 3.63) is 46.3 Å². The molecule has 1 atom stereocenters. The van der Waals surface area contributed by atoms with E-state index in [1.54, 1.807) is 19.1 Å². The Labute approximate surface area is 151 Å². The normalized spacial score (nSPS) is 16.7. The summed E-state index contributed by atoms with van der Waals surface area (Å²) < 4.78 is 11.4. The summed E-state index contributed by atoms with van der Waals surface area (Å²) in [6, 6.07) is 7.32. The molecule has 0 bridgehead atoms. The molecule has 0 spiro atoms. The van der Waals surface area contributed by atoms with Crippen LogP contribution in [0.4, 0.5) is 4.79 Å². The van der Waals surface area contributed by atoms with E-state index in [1.807, 2.05) is 19.1 Å². The maximum atomic E-state index is 13.1. The molecule has 7 nitrogen and oxygen atoms in total. The Hall–Kier alpha value is -2.83. The molecule has 1 unspecified atom stereocenters. The number of carbonyl (C=O) groups excluding carboxylic acids is 2. The molecular weight excluding hydrogens is 336 g/mol. The number of ether oxygens (including phenoxy) is 2. The zero-order valence-corrected chi connectivity index (χ0v) is 15.2. The minimum absolute atomic E-state index is 0.0887. The third kappa shape index (κ3) is 3.16. The van der Waals surface area contributed by atoms with Crippen molar-refractivity contribution < 1.29 is 23.8 Å². The second-order valence-electron chi connectivity index (χ2n) is 6.29. The average molecular weight is 358 g/mol. The van der Waals surface area contributed by atoms with Gasteiger partial charge in [0.25, 0.3) is 0 Å². The minimum atomic E-state index is -0.838. The number of fused-ring (bicyclic) bond motifs is 2. The predicted molar refractivity (Wildman–Crippen MR) is 94.5 cm³/mol. The number of benzene rings is 1. The van der Waals surface area contributed by atoms with Crippen LogP contribution in [0.5, 0.6) is 0 Å². The molecule has 0 saturated heterocycles. The second kappa shape index (κ2) is 7.19. The van der Waals surface area contributed by atoms with E-state index >= 15 is 0 Å². The Kier molecular flexibility index (Phi) is 4.97. The third-order valence-electron chi connectivity index (χ3n) is 4.66. The lowest BCUT2D eigenvalue weighted by atomic mass is 9.97. The Morgan fingerprint density at radius 1 is 1.35 bits per heavy atom. The highest BCUT2D eigenvalue weighted by Crippen LogP contribution is 2.30. The van der Waals surface area contributed by atoms with E-state index in [2.05, 4.69) is 0 Å². The Balaban J connectivity index is 2.15. The topological polar surface area (TPSA) is 82.8 Å². The quantitative estimate of drug-likeness (QED) is 0.468. The first-order chi connectivity index (χ1) is 12.4. The van der Waals surface area contributed by atoms with Crippen molar-refractivity contribution in [1.82, 2.24) is 4.90 Å². The van der Waals surface area contributed by atoms with Crippen LogP contribution in [-0.2, 0) is 20.7 Å². The Morgan fingerprint density at radius 3 is 2.77 bits per heavy atom. The van der Waals surface area contributed by atoms with E-state index in [0.717, 1.165) is 21.2 Å². The van der Waals surface area contributed by atoms with Gasteiger partial charge in [0, 0.05) is 25.1 Å². The van der Waals surface area contributed by atoms with Crippen molar-refractivity contribution in [3.8, 4) is 0 Å². The maximum absolute atomic E-state index is 13.1. The van der Waals surface area contributed by atoms with E-state index in [0.29, 0.717) is 24.2 Å². The largest absolute Gasteiger partial charge is 0.618 e. The molecule has 0 radical (unpaired) electrons. The molecule has 3 rings (SSSR count). The highest BCUT2D eigenvalue weighted by atomic mass is 16.6. The Bertz CT molecular complexity index is 865. The molecule has 138 valence electrons. The average Bonchev–Trinajstić information content (AvgIpc) is 2.79. The summed E-state index contributed by atoms with van der Waals surface area (Å²) in [5, 5.41) is 13.9. The molecule has 1 aromatic heterocycles. The van der Waals surface area contributed by atoms with Crippen LogP contribution in [0, 0.1) is 12.1 Å². The fraction of sp³-hybridized carbons (Fsp3) is 0.421. The number of esters is 1. The van der Waals surface area contributed by atoms with Crippen molar-refractivity contribution >= 4 is 23.0 Å². The zero-order valence-electron chi connectivity index (χ0n) is 15.2. The number of carbonyl (C=O) groups is 2. The van der Waals surface area contributed by atoms with Crippen LogP contribution in [0.25, 0.3) is 10.9 Å². The highest BCUT2D eigenvalue weighted by molar-refractivity contribution is 5.81. The fourth-order valence-electron chi connectivity index (χ4n) is 3.51. The van der Waals surface area contributed by atoms with Gasteiger partial charge in [-0.15, -0.1) is 0 Å². The molecule has 1 amide bonds. The molecule has 7 heteroatoms. The van der Waals surface area contributed by atoms with Gasteiger partial charge in [-0.3, -0.25) is 4.79 Å². The monoisotopic (exact) mass is 358 g/mol. The summed E-state index contributed by atoms with van der Waals surface area (Å²) in [5.74, 6) is -0.502. The van der Waals surface area contributed by atoms with Gasteiger partial charge < -0.3 is 19.6 Å². The molecule has 0 N–H and O–H groups in total. The molecule has 0 aliphatic carbocycles. The highest BCUT2D eigenvalue weighted by Gasteiger charge is 2.36. The van der Waals surface area contributed by atoms with Gasteiger partial charge in [-0.2, -0.15) is 4.73 Å². The smallest absolute Gasteiger partial charge is 0.409 e. The van der Waals surface area contributed by atoms with E-state index in [4.69, 9.17) is 9.47 Å². The summed E-state index contributed by atoms with van der Waals surface area (Å²) >= 11 is 0. The molecular formula is C19H22N2O5. The molecule has 2 aromatic rings. The third-order valence-corrected chi connectivity index (χ3v) is 4.66. The van der Waals surface area contributed by atoms with Gasteiger partial charge in [-0.25, -0.2) is 4.79 Å². The van der Waals surface area contributed by atoms with Crippen molar-refractivity contribution in [1.29, 1.82) is 0 Å². The molecule has 0 fully saturated rings. The number of pyridine rings is 1. The first-order valence-electron chi connectivity index (χ1n) is 8.66. The van der Waals surface area contributed by atoms with Crippen molar-refractivity contribution in [2.75, 3.05) is 19.7 Å². The van der Waals surface area contributed by atoms with Gasteiger partial charge in [0.2, 0.25) is 17.3 Å². The standard InChI is InChI=1S/C19H22N2O5/c1-4-25-19(23)20-10-9-15-12(2)14-7-5-6-8-16(14)21(24)18(15)17(11-20)26-13(3)22/h5-8,17H,4,9-11H2,1-3H3. The van der Waals surface area contributed by atoms with E-state index in [9.17, 15) is 14.8 Å². The summed E-state index contributed by atoms with van der Waals surface area (Å²) in [7, 11) is 0. The summed E-state index contributed by atoms with van der Waals surface area (Å²) in [6.45, 7) is 5.71. The lowest BCUT2D eigenvalue weighted by Crippen LogP contribution is -2.40. The summed E-state index contributed by atoms with van der Waals surface area (Å²) in [5.41, 5.74) is 2.69. The van der Waals surface area contributed by atoms with E-state index in [1.165, 1.54) is 11.8 Å². The number of nitrogens with zero attached hydrogens (tertiary/aromatic N) is 2. The predicted octanol–water partition coefficient (Wildman–Crippen LogP) is 2.40. The van der Waals surface area contributed by atoms with Gasteiger partial charge in [-0.1, -0.05) is 12.1 Å². The lowest BCUT2D eigenvalue weighted by Gasteiger charge is -2.23. The van der Waals surface area contributed by atoms with Crippen molar-refractivity contribution in [2.24, 2.45) is 0 Å². The number of hydrogen-bond donors (Lipinski definition) is 0. The van der Waals surface area contributed by atoms with Crippen LogP contribution in [0.15, 0.2) is 24.3 Å². The van der Waals surface area contributed by atoms with Crippen LogP contribution in [-0.4, -0.2) is 36.7 Å². The number of aromatic nitrogens is 1. The summed E-state index contributed by atoms with van der Waals surface area (Å²) in [4.78, 5) is 25.3. The SMILES string of the molecule is CCOC(=O)N1CCc2c(C)c3ccccc3[n+]([O-])c2C(OC(C)=O)C1. The Morgan fingerprint density at radius 2 is 2.08 bits per heavy atom. The van der Waals surface area contributed by atoms with Gasteiger partial charge >= 0.3 is 12.1 Å².